The minimum atomic E-state index is -0.0373. The molecule has 5 nitrogen and oxygen atoms in total. The lowest BCUT2D eigenvalue weighted by molar-refractivity contribution is 0.0782. The molecule has 0 bridgehead atoms. The fourth-order valence-corrected chi connectivity index (χ4v) is 3.96. The van der Waals surface area contributed by atoms with E-state index in [0.29, 0.717) is 30.5 Å². The van der Waals surface area contributed by atoms with Gasteiger partial charge in [0.05, 0.1) is 25.5 Å². The van der Waals surface area contributed by atoms with Crippen molar-refractivity contribution in [2.75, 3.05) is 19.1 Å². The number of carbonyl (C=O) groups is 1. The Hall–Kier alpha value is -3.21. The molecule has 0 radical (unpaired) electrons. The lowest BCUT2D eigenvalue weighted by Gasteiger charge is -2.25. The van der Waals surface area contributed by atoms with Crippen molar-refractivity contribution in [1.82, 2.24) is 4.90 Å². The minimum Gasteiger partial charge on any atom is -0.497 e. The highest BCUT2D eigenvalue weighted by atomic mass is 16.5. The standard InChI is InChI=1S/C24H26N2O3/c1-17-14-19-6-4-5-7-22(19)26(17)16-23-21(12-13-29-23)24(27)25(2)15-18-8-10-20(28-3)11-9-18/h4-13,17H,14-16H2,1-3H3. The molecule has 29 heavy (non-hydrogen) atoms. The van der Waals surface area contributed by atoms with Gasteiger partial charge in [-0.15, -0.1) is 0 Å². The van der Waals surface area contributed by atoms with E-state index in [1.165, 1.54) is 11.3 Å². The van der Waals surface area contributed by atoms with Crippen molar-refractivity contribution in [2.24, 2.45) is 0 Å². The SMILES string of the molecule is COc1ccc(CN(C)C(=O)c2ccoc2CN2c3ccccc3CC2C)cc1. The molecule has 2 aromatic carbocycles. The van der Waals surface area contributed by atoms with Crippen LogP contribution >= 0.6 is 0 Å². The molecule has 150 valence electrons. The molecule has 0 N–H and O–H groups in total. The van der Waals surface area contributed by atoms with Crippen molar-refractivity contribution in [3.63, 3.8) is 0 Å². The zero-order valence-electron chi connectivity index (χ0n) is 17.1. The summed E-state index contributed by atoms with van der Waals surface area (Å²) in [5, 5.41) is 0. The molecule has 1 unspecified atom stereocenters. The van der Waals surface area contributed by atoms with Gasteiger partial charge < -0.3 is 19.0 Å². The molecule has 1 aliphatic heterocycles. The molecule has 3 aromatic rings. The molecule has 0 saturated carbocycles. The molecule has 1 amide bonds. The van der Waals surface area contributed by atoms with Gasteiger partial charge >= 0.3 is 0 Å². The maximum absolute atomic E-state index is 13.1. The van der Waals surface area contributed by atoms with Gasteiger partial charge in [0.2, 0.25) is 0 Å². The first-order valence-corrected chi connectivity index (χ1v) is 9.86. The summed E-state index contributed by atoms with van der Waals surface area (Å²) in [5.74, 6) is 1.48. The van der Waals surface area contributed by atoms with Crippen LogP contribution in [0.4, 0.5) is 5.69 Å². The molecule has 1 aliphatic rings. The summed E-state index contributed by atoms with van der Waals surface area (Å²) < 4.78 is 10.9. The quantitative estimate of drug-likeness (QED) is 0.621. The summed E-state index contributed by atoms with van der Waals surface area (Å²) in [5.41, 5.74) is 4.24. The van der Waals surface area contributed by atoms with E-state index in [-0.39, 0.29) is 5.91 Å². The fraction of sp³-hybridized carbons (Fsp3) is 0.292. The Bertz CT molecular complexity index is 993. The third kappa shape index (κ3) is 3.86. The van der Waals surface area contributed by atoms with Crippen molar-refractivity contribution < 1.29 is 13.9 Å². The Balaban J connectivity index is 1.49. The van der Waals surface area contributed by atoms with E-state index in [0.717, 1.165) is 17.7 Å². The second-order valence-electron chi connectivity index (χ2n) is 7.58. The number of methoxy groups -OCH3 is 1. The first-order valence-electron chi connectivity index (χ1n) is 9.86. The molecule has 4 rings (SSSR count). The third-order valence-corrected chi connectivity index (χ3v) is 5.56. The number of hydrogen-bond donors (Lipinski definition) is 0. The Kier molecular flexibility index (Phi) is 5.30. The van der Waals surface area contributed by atoms with Crippen molar-refractivity contribution >= 4 is 11.6 Å². The lowest BCUT2D eigenvalue weighted by Crippen LogP contribution is -2.31. The lowest BCUT2D eigenvalue weighted by atomic mass is 10.1. The van der Waals surface area contributed by atoms with Crippen molar-refractivity contribution in [3.8, 4) is 5.75 Å². The molecule has 5 heteroatoms. The maximum Gasteiger partial charge on any atom is 0.257 e. The largest absolute Gasteiger partial charge is 0.497 e. The fourth-order valence-electron chi connectivity index (χ4n) is 3.96. The molecular formula is C24H26N2O3. The molecule has 0 fully saturated rings. The van der Waals surface area contributed by atoms with Gasteiger partial charge in [0.25, 0.3) is 5.91 Å². The van der Waals surface area contributed by atoms with Crippen LogP contribution in [-0.2, 0) is 19.5 Å². The average Bonchev–Trinajstić information content (AvgIpc) is 3.32. The van der Waals surface area contributed by atoms with Crippen LogP contribution in [0.15, 0.2) is 65.3 Å². The number of fused-ring (bicyclic) bond motifs is 1. The van der Waals surface area contributed by atoms with E-state index in [1.807, 2.05) is 31.3 Å². The summed E-state index contributed by atoms with van der Waals surface area (Å²) >= 11 is 0. The van der Waals surface area contributed by atoms with Gasteiger partial charge in [-0.2, -0.15) is 0 Å². The van der Waals surface area contributed by atoms with Crippen LogP contribution in [0.5, 0.6) is 5.75 Å². The first-order chi connectivity index (χ1) is 14.1. The molecule has 0 saturated heterocycles. The number of amides is 1. The maximum atomic E-state index is 13.1. The van der Waals surface area contributed by atoms with Gasteiger partial charge in [0.1, 0.15) is 11.5 Å². The van der Waals surface area contributed by atoms with Crippen LogP contribution in [0, 0.1) is 0 Å². The summed E-state index contributed by atoms with van der Waals surface area (Å²) in [6, 6.07) is 18.3. The molecule has 1 atom stereocenters. The number of nitrogens with zero attached hydrogens (tertiary/aromatic N) is 2. The normalized spacial score (nSPS) is 15.3. The van der Waals surface area contributed by atoms with E-state index < -0.39 is 0 Å². The smallest absolute Gasteiger partial charge is 0.257 e. The van der Waals surface area contributed by atoms with E-state index >= 15 is 0 Å². The highest BCUT2D eigenvalue weighted by Crippen LogP contribution is 2.33. The summed E-state index contributed by atoms with van der Waals surface area (Å²) in [6.45, 7) is 3.32. The number of benzene rings is 2. The number of furan rings is 1. The number of rotatable bonds is 6. The predicted octanol–water partition coefficient (Wildman–Crippen LogP) is 4.51. The van der Waals surface area contributed by atoms with Gasteiger partial charge in [-0.05, 0) is 48.7 Å². The van der Waals surface area contributed by atoms with Gasteiger partial charge in [-0.3, -0.25) is 4.79 Å². The van der Waals surface area contributed by atoms with Crippen LogP contribution < -0.4 is 9.64 Å². The number of para-hydroxylation sites is 1. The van der Waals surface area contributed by atoms with E-state index in [1.54, 1.807) is 24.3 Å². The molecule has 1 aromatic heterocycles. The molecule has 0 aliphatic carbocycles. The van der Waals surface area contributed by atoms with Crippen LogP contribution in [0.25, 0.3) is 0 Å². The van der Waals surface area contributed by atoms with Crippen molar-refractivity contribution in [2.45, 2.75) is 32.5 Å². The zero-order chi connectivity index (χ0) is 20.4. The second kappa shape index (κ2) is 8.03. The van der Waals surface area contributed by atoms with Gasteiger partial charge in [0, 0.05) is 25.3 Å². The third-order valence-electron chi connectivity index (χ3n) is 5.56. The number of hydrogen-bond acceptors (Lipinski definition) is 4. The van der Waals surface area contributed by atoms with Crippen molar-refractivity contribution in [1.29, 1.82) is 0 Å². The Labute approximate surface area is 171 Å². The highest BCUT2D eigenvalue weighted by Gasteiger charge is 2.28. The second-order valence-corrected chi connectivity index (χ2v) is 7.58. The molecule has 2 heterocycles. The van der Waals surface area contributed by atoms with Crippen LogP contribution in [0.3, 0.4) is 0 Å². The van der Waals surface area contributed by atoms with Gasteiger partial charge in [0.15, 0.2) is 0 Å². The van der Waals surface area contributed by atoms with Crippen LogP contribution in [0.1, 0.15) is 34.2 Å². The monoisotopic (exact) mass is 390 g/mol. The van der Waals surface area contributed by atoms with Gasteiger partial charge in [-0.1, -0.05) is 30.3 Å². The Morgan fingerprint density at radius 2 is 1.93 bits per heavy atom. The van der Waals surface area contributed by atoms with Crippen LogP contribution in [0.2, 0.25) is 0 Å². The first kappa shape index (κ1) is 19.1. The van der Waals surface area contributed by atoms with Crippen LogP contribution in [-0.4, -0.2) is 31.0 Å². The predicted molar refractivity (Wildman–Crippen MR) is 113 cm³/mol. The molecular weight excluding hydrogens is 364 g/mol. The number of ether oxygens (including phenoxy) is 1. The highest BCUT2D eigenvalue weighted by molar-refractivity contribution is 5.95. The number of anilines is 1. The average molecular weight is 390 g/mol. The minimum absolute atomic E-state index is 0.0373. The summed E-state index contributed by atoms with van der Waals surface area (Å²) in [7, 11) is 3.46. The Morgan fingerprint density at radius 3 is 2.69 bits per heavy atom. The topological polar surface area (TPSA) is 45.9 Å². The Morgan fingerprint density at radius 1 is 1.17 bits per heavy atom. The van der Waals surface area contributed by atoms with E-state index in [9.17, 15) is 4.79 Å². The van der Waals surface area contributed by atoms with Gasteiger partial charge in [-0.25, -0.2) is 0 Å². The van der Waals surface area contributed by atoms with Crippen molar-refractivity contribution in [3.05, 3.63) is 83.3 Å². The van der Waals surface area contributed by atoms with E-state index in [2.05, 4.69) is 36.1 Å². The number of carbonyl (C=O) groups excluding carboxylic acids is 1. The zero-order valence-corrected chi connectivity index (χ0v) is 17.1. The summed E-state index contributed by atoms with van der Waals surface area (Å²) in [6.07, 6.45) is 2.62. The van der Waals surface area contributed by atoms with E-state index in [4.69, 9.17) is 9.15 Å². The summed E-state index contributed by atoms with van der Waals surface area (Å²) in [4.78, 5) is 17.1. The molecule has 0 spiro atoms.